The van der Waals surface area contributed by atoms with E-state index in [4.69, 9.17) is 0 Å². The molecule has 0 fully saturated rings. The molecule has 0 spiro atoms. The van der Waals surface area contributed by atoms with E-state index in [-0.39, 0.29) is 0 Å². The third-order valence-electron chi connectivity index (χ3n) is 1.56. The number of carbonyl (C=O) groups is 1. The first kappa shape index (κ1) is 10.7. The van der Waals surface area contributed by atoms with E-state index in [1.54, 1.807) is 11.3 Å². The highest BCUT2D eigenvalue weighted by molar-refractivity contribution is 9.09. The lowest BCUT2D eigenvalue weighted by molar-refractivity contribution is -0.128. The molecule has 0 aliphatic rings. The van der Waals surface area contributed by atoms with Crippen LogP contribution < -0.4 is 0 Å². The lowest BCUT2D eigenvalue weighted by atomic mass is 10.2. The Balaban J connectivity index is 2.55. The molecule has 0 aromatic carbocycles. The average molecular weight is 264 g/mol. The molecule has 3 nitrogen and oxygen atoms in total. The minimum Gasteiger partial charge on any atom is -0.467 e. The number of thiazole rings is 1. The van der Waals surface area contributed by atoms with Crippen molar-refractivity contribution in [1.82, 2.24) is 4.98 Å². The molecule has 1 aromatic rings. The average Bonchev–Trinajstić information content (AvgIpc) is 2.53. The van der Waals surface area contributed by atoms with Gasteiger partial charge in [-0.1, -0.05) is 15.9 Å². The quantitative estimate of drug-likeness (QED) is 0.465. The maximum atomic E-state index is 9.90. The van der Waals surface area contributed by atoms with Crippen LogP contribution in [-0.2, 0) is 16.0 Å². The van der Waals surface area contributed by atoms with Crippen molar-refractivity contribution in [2.24, 2.45) is 0 Å². The Labute approximate surface area is 89.3 Å². The molecule has 72 valence electrons. The van der Waals surface area contributed by atoms with Crippen LogP contribution in [0.3, 0.4) is 0 Å². The molecule has 1 unspecified atom stereocenters. The normalized spacial score (nSPS) is 12.5. The molecule has 0 saturated carbocycles. The van der Waals surface area contributed by atoms with E-state index in [0.29, 0.717) is 24.3 Å². The second-order valence-corrected chi connectivity index (χ2v) is 4.76. The summed E-state index contributed by atoms with van der Waals surface area (Å²) in [4.78, 5) is 15.6. The Bertz CT molecular complexity index is 275. The van der Waals surface area contributed by atoms with Crippen molar-refractivity contribution in [3.8, 4) is 0 Å². The molecule has 0 aliphatic carbocycles. The molecular formula is C8H10BrNO2S. The number of ether oxygens (including phenoxy) is 1. The van der Waals surface area contributed by atoms with Gasteiger partial charge in [0.25, 0.3) is 6.47 Å². The molecule has 1 rings (SSSR count). The maximum absolute atomic E-state index is 9.90. The molecule has 0 aliphatic heterocycles. The zero-order chi connectivity index (χ0) is 9.68. The fourth-order valence-electron chi connectivity index (χ4n) is 0.993. The number of nitrogens with zero attached hydrogens (tertiary/aromatic N) is 1. The molecule has 1 heterocycles. The predicted molar refractivity (Wildman–Crippen MR) is 55.2 cm³/mol. The largest absolute Gasteiger partial charge is 0.467 e. The van der Waals surface area contributed by atoms with Crippen molar-refractivity contribution in [1.29, 1.82) is 0 Å². The maximum Gasteiger partial charge on any atom is 0.293 e. The molecule has 1 atom stereocenters. The van der Waals surface area contributed by atoms with E-state index < -0.39 is 0 Å². The summed E-state index contributed by atoms with van der Waals surface area (Å²) in [5, 5.41) is 0. The zero-order valence-corrected chi connectivity index (χ0v) is 9.60. The molecule has 5 heteroatoms. The van der Waals surface area contributed by atoms with Gasteiger partial charge in [0.1, 0.15) is 0 Å². The van der Waals surface area contributed by atoms with E-state index >= 15 is 0 Å². The summed E-state index contributed by atoms with van der Waals surface area (Å²) in [6.45, 7) is 2.92. The molecule has 0 radical (unpaired) electrons. The lowest BCUT2D eigenvalue weighted by Crippen LogP contribution is -1.99. The number of hydrogen-bond acceptors (Lipinski definition) is 4. The summed E-state index contributed by atoms with van der Waals surface area (Å²) in [7, 11) is 0. The minimum atomic E-state index is 0.311. The monoisotopic (exact) mass is 263 g/mol. The SMILES string of the molecule is CC(Br)c1scnc1CCOC=O. The Kier molecular flexibility index (Phi) is 4.38. The van der Waals surface area contributed by atoms with Gasteiger partial charge in [-0.2, -0.15) is 0 Å². The third kappa shape index (κ3) is 3.08. The highest BCUT2D eigenvalue weighted by Gasteiger charge is 2.10. The van der Waals surface area contributed by atoms with Gasteiger partial charge in [-0.05, 0) is 6.92 Å². The Morgan fingerprint density at radius 3 is 3.23 bits per heavy atom. The van der Waals surface area contributed by atoms with Gasteiger partial charge in [-0.25, -0.2) is 4.98 Å². The first-order valence-electron chi connectivity index (χ1n) is 3.87. The van der Waals surface area contributed by atoms with Crippen molar-refractivity contribution < 1.29 is 9.53 Å². The van der Waals surface area contributed by atoms with Crippen molar-refractivity contribution in [2.75, 3.05) is 6.61 Å². The topological polar surface area (TPSA) is 39.2 Å². The molecule has 0 amide bonds. The van der Waals surface area contributed by atoms with Crippen LogP contribution in [0.15, 0.2) is 5.51 Å². The van der Waals surface area contributed by atoms with Gasteiger partial charge in [-0.15, -0.1) is 11.3 Å². The fraction of sp³-hybridized carbons (Fsp3) is 0.500. The van der Waals surface area contributed by atoms with Gasteiger partial charge in [0.05, 0.1) is 17.8 Å². The molecule has 0 bridgehead atoms. The molecule has 0 N–H and O–H groups in total. The minimum absolute atomic E-state index is 0.311. The Morgan fingerprint density at radius 1 is 1.85 bits per heavy atom. The second kappa shape index (κ2) is 5.34. The van der Waals surface area contributed by atoms with Crippen LogP contribution in [0, 0.1) is 0 Å². The third-order valence-corrected chi connectivity index (χ3v) is 3.37. The van der Waals surface area contributed by atoms with E-state index in [2.05, 4.69) is 32.6 Å². The van der Waals surface area contributed by atoms with Crippen LogP contribution in [0.1, 0.15) is 22.3 Å². The van der Waals surface area contributed by atoms with Gasteiger partial charge in [0.2, 0.25) is 0 Å². The van der Waals surface area contributed by atoms with E-state index in [0.717, 1.165) is 5.69 Å². The van der Waals surface area contributed by atoms with Crippen molar-refractivity contribution in [3.05, 3.63) is 16.1 Å². The van der Waals surface area contributed by atoms with Crippen molar-refractivity contribution in [3.63, 3.8) is 0 Å². The lowest BCUT2D eigenvalue weighted by Gasteiger charge is -2.02. The van der Waals surface area contributed by atoms with Crippen LogP contribution >= 0.6 is 27.3 Å². The number of alkyl halides is 1. The Morgan fingerprint density at radius 2 is 2.62 bits per heavy atom. The standard InChI is InChI=1S/C8H10BrNO2S/c1-6(9)8-7(10-4-13-8)2-3-12-5-11/h4-6H,2-3H2,1H3. The van der Waals surface area contributed by atoms with Crippen molar-refractivity contribution >= 4 is 33.7 Å². The highest BCUT2D eigenvalue weighted by Crippen LogP contribution is 2.28. The van der Waals surface area contributed by atoms with Crippen LogP contribution in [0.2, 0.25) is 0 Å². The zero-order valence-electron chi connectivity index (χ0n) is 7.20. The summed E-state index contributed by atoms with van der Waals surface area (Å²) < 4.78 is 4.61. The number of rotatable bonds is 5. The second-order valence-electron chi connectivity index (χ2n) is 2.50. The number of halogens is 1. The molecular weight excluding hydrogens is 254 g/mol. The highest BCUT2D eigenvalue weighted by atomic mass is 79.9. The molecule has 13 heavy (non-hydrogen) atoms. The summed E-state index contributed by atoms with van der Waals surface area (Å²) >= 11 is 5.10. The van der Waals surface area contributed by atoms with Gasteiger partial charge < -0.3 is 4.74 Å². The van der Waals surface area contributed by atoms with Gasteiger partial charge in [-0.3, -0.25) is 4.79 Å². The van der Waals surface area contributed by atoms with Crippen LogP contribution in [-0.4, -0.2) is 18.1 Å². The number of aromatic nitrogens is 1. The van der Waals surface area contributed by atoms with Gasteiger partial charge >= 0.3 is 0 Å². The van der Waals surface area contributed by atoms with Crippen LogP contribution in [0.4, 0.5) is 0 Å². The molecule has 0 saturated heterocycles. The van der Waals surface area contributed by atoms with Crippen LogP contribution in [0.25, 0.3) is 0 Å². The van der Waals surface area contributed by atoms with Crippen LogP contribution in [0.5, 0.6) is 0 Å². The first-order valence-corrected chi connectivity index (χ1v) is 5.66. The number of carbonyl (C=O) groups excluding carboxylic acids is 1. The van der Waals surface area contributed by atoms with Gasteiger partial charge in [0.15, 0.2) is 0 Å². The predicted octanol–water partition coefficient (Wildman–Crippen LogP) is 2.31. The summed E-state index contributed by atoms with van der Waals surface area (Å²) in [6.07, 6.45) is 0.688. The van der Waals surface area contributed by atoms with E-state index in [1.165, 1.54) is 4.88 Å². The summed E-state index contributed by atoms with van der Waals surface area (Å²) in [5.41, 5.74) is 2.82. The summed E-state index contributed by atoms with van der Waals surface area (Å²) in [5.74, 6) is 0. The smallest absolute Gasteiger partial charge is 0.293 e. The number of hydrogen-bond donors (Lipinski definition) is 0. The van der Waals surface area contributed by atoms with Gasteiger partial charge in [0, 0.05) is 16.1 Å². The Hall–Kier alpha value is -0.420. The first-order chi connectivity index (χ1) is 6.25. The van der Waals surface area contributed by atoms with E-state index in [1.807, 2.05) is 5.51 Å². The van der Waals surface area contributed by atoms with E-state index in [9.17, 15) is 4.79 Å². The molecule has 1 aromatic heterocycles. The van der Waals surface area contributed by atoms with Crippen molar-refractivity contribution in [2.45, 2.75) is 18.2 Å². The fourth-order valence-corrected chi connectivity index (χ4v) is 2.35. The summed E-state index contributed by atoms with van der Waals surface area (Å²) in [6, 6.07) is 0.